The summed E-state index contributed by atoms with van der Waals surface area (Å²) in [4.78, 5) is 9.70. The third-order valence-electron chi connectivity index (χ3n) is 20.3. The molecule has 10 aliphatic rings. The van der Waals surface area contributed by atoms with Gasteiger partial charge < -0.3 is 47.2 Å². The normalized spacial score (nSPS) is 15.6. The summed E-state index contributed by atoms with van der Waals surface area (Å²) in [5.41, 5.74) is 27.7. The average molecular weight is 1150 g/mol. The first kappa shape index (κ1) is 48.8. The van der Waals surface area contributed by atoms with Crippen LogP contribution in [0.3, 0.4) is 0 Å². The molecule has 0 bridgehead atoms. The second-order valence-corrected chi connectivity index (χ2v) is 27.1. The molecule has 21 rings (SSSR count). The van der Waals surface area contributed by atoms with Gasteiger partial charge in [-0.25, -0.2) is 0 Å². The SMILES string of the molecule is CC(C)(C)c1cc2c3c(c1)N(c1ccccc1)B1Oc4cc5c6c7c4-c4c(c8c(c-3c41)B(Oc1ccccc1-8)N2c1ccccc1)OB7Oc1c2c3c4c(c1-6)B(O5)N(c1ccccc1)c1cc(C(C)(C)C)cc(c1-4)N(c1ccccc1)B3Oc1ccccc1-2. The first-order chi connectivity index (χ1) is 43.5. The van der Waals surface area contributed by atoms with Crippen LogP contribution in [0.2, 0.25) is 0 Å². The number of fused-ring (bicyclic) bond motifs is 6. The second kappa shape index (κ2) is 16.5. The van der Waals surface area contributed by atoms with Gasteiger partial charge in [-0.05, 0) is 118 Å². The fraction of sp³-hybridized carbons (Fsp3) is 0.108. The molecule has 0 aliphatic carbocycles. The minimum absolute atomic E-state index is 0.229. The molecule has 0 aromatic heterocycles. The Bertz CT molecular complexity index is 4770. The Hall–Kier alpha value is -10.3. The third-order valence-corrected chi connectivity index (χ3v) is 20.3. The maximum Gasteiger partial charge on any atom is 0.634 e. The van der Waals surface area contributed by atoms with E-state index >= 15 is 0 Å². The maximum absolute atomic E-state index is 8.03. The molecule has 0 unspecified atom stereocenters. The van der Waals surface area contributed by atoms with Crippen molar-refractivity contribution in [3.63, 3.8) is 0 Å². The van der Waals surface area contributed by atoms with Gasteiger partial charge in [0.2, 0.25) is 0 Å². The summed E-state index contributed by atoms with van der Waals surface area (Å²) in [6.45, 7) is 13.8. The van der Waals surface area contributed by atoms with Gasteiger partial charge in [0.1, 0.15) is 34.5 Å². The predicted molar refractivity (Wildman–Crippen MR) is 361 cm³/mol. The molecule has 0 amide bonds. The standard InChI is InChI=1S/C74H51B5N4O6/c1-73(2,3)40-35-48-58-50(37-40)82(44-27-15-9-16-28-44)77-68-62(58)66-56(46-31-19-21-33-52(46)84-75(66)80(48)42-23-11-7-12-24-42)71-64(68)60-54(86-77)39-55-61-65-69-63-59-49(36-41(74(4,5)6)38-51(59)83(78(69)87-55)45-29-17-10-18-30-45)81(43-25-13-8-14-26-43)76-67(63)57(47-32-20-22-34-53(47)85-76)72(65)89-79(88-71)70(60)61/h7-39H,1-6H3. The molecule has 11 aromatic carbocycles. The van der Waals surface area contributed by atoms with Crippen molar-refractivity contribution >= 4 is 108 Å². The number of benzene rings is 11. The van der Waals surface area contributed by atoms with Crippen LogP contribution in [-0.2, 0) is 10.8 Å². The first-order valence-electron chi connectivity index (χ1n) is 31.1. The summed E-state index contributed by atoms with van der Waals surface area (Å²) in [6.07, 6.45) is 0. The lowest BCUT2D eigenvalue weighted by atomic mass is 9.47. The van der Waals surface area contributed by atoms with Crippen molar-refractivity contribution in [1.82, 2.24) is 0 Å². The van der Waals surface area contributed by atoms with Crippen LogP contribution < -0.4 is 74.5 Å². The minimum Gasteiger partial charge on any atom is -0.537 e. The quantitative estimate of drug-likeness (QED) is 0.159. The molecule has 15 heteroatoms. The number of rotatable bonds is 4. The molecule has 0 atom stereocenters. The fourth-order valence-electron chi connectivity index (χ4n) is 16.6. The number of hydrogen-bond acceptors (Lipinski definition) is 10. The van der Waals surface area contributed by atoms with Crippen molar-refractivity contribution in [2.24, 2.45) is 0 Å². The van der Waals surface area contributed by atoms with Gasteiger partial charge in [-0.1, -0.05) is 151 Å². The molecule has 10 nitrogen and oxygen atoms in total. The number of hydrogen-bond donors (Lipinski definition) is 0. The van der Waals surface area contributed by atoms with Crippen LogP contribution in [0.5, 0.6) is 34.5 Å². The van der Waals surface area contributed by atoms with Crippen molar-refractivity contribution in [2.75, 3.05) is 19.2 Å². The number of para-hydroxylation sites is 6. The van der Waals surface area contributed by atoms with Gasteiger partial charge in [0.15, 0.2) is 0 Å². The molecule has 418 valence electrons. The van der Waals surface area contributed by atoms with Gasteiger partial charge in [0.05, 0.1) is 0 Å². The molecule has 11 aromatic rings. The molecule has 10 aliphatic heterocycles. The van der Waals surface area contributed by atoms with Crippen LogP contribution in [-0.4, -0.2) is 35.3 Å². The molecule has 0 saturated heterocycles. The van der Waals surface area contributed by atoms with E-state index in [9.17, 15) is 0 Å². The largest absolute Gasteiger partial charge is 0.634 e. The van der Waals surface area contributed by atoms with Crippen molar-refractivity contribution in [3.05, 3.63) is 211 Å². The van der Waals surface area contributed by atoms with E-state index in [0.717, 1.165) is 163 Å². The maximum atomic E-state index is 8.03. The monoisotopic (exact) mass is 1150 g/mol. The van der Waals surface area contributed by atoms with Crippen LogP contribution in [0.25, 0.3) is 66.8 Å². The van der Waals surface area contributed by atoms with Crippen molar-refractivity contribution in [1.29, 1.82) is 0 Å². The third kappa shape index (κ3) is 6.04. The average Bonchev–Trinajstić information content (AvgIpc) is 0.666. The molecule has 0 fully saturated rings. The van der Waals surface area contributed by atoms with E-state index in [1.54, 1.807) is 0 Å². The number of nitrogens with zero attached hydrogens (tertiary/aromatic N) is 4. The van der Waals surface area contributed by atoms with Crippen LogP contribution in [0.15, 0.2) is 200 Å². The molecule has 89 heavy (non-hydrogen) atoms. The summed E-state index contributed by atoms with van der Waals surface area (Å²) in [7, 11) is -3.41. The zero-order valence-electron chi connectivity index (χ0n) is 49.7. The van der Waals surface area contributed by atoms with E-state index in [2.05, 4.69) is 261 Å². The fourth-order valence-corrected chi connectivity index (χ4v) is 16.6. The Morgan fingerprint density at radius 3 is 0.910 bits per heavy atom. The Balaban J connectivity index is 0.916. The Morgan fingerprint density at radius 1 is 0.270 bits per heavy atom. The van der Waals surface area contributed by atoms with E-state index < -0.39 is 35.3 Å². The lowest BCUT2D eigenvalue weighted by Gasteiger charge is -2.52. The predicted octanol–water partition coefficient (Wildman–Crippen LogP) is 13.7. The zero-order chi connectivity index (χ0) is 58.8. The molecular weight excluding hydrogens is 1090 g/mol. The van der Waals surface area contributed by atoms with Gasteiger partial charge in [-0.15, -0.1) is 0 Å². The lowest BCUT2D eigenvalue weighted by molar-refractivity contribution is 0.434. The second-order valence-electron chi connectivity index (χ2n) is 27.1. The van der Waals surface area contributed by atoms with E-state index in [-0.39, 0.29) is 10.8 Å². The lowest BCUT2D eigenvalue weighted by Crippen LogP contribution is -2.66. The summed E-state index contributed by atoms with van der Waals surface area (Å²) < 4.78 is 47.1. The molecule has 0 N–H and O–H groups in total. The van der Waals surface area contributed by atoms with E-state index in [1.165, 1.54) is 11.1 Å². The highest BCUT2D eigenvalue weighted by Gasteiger charge is 2.63. The van der Waals surface area contributed by atoms with Crippen molar-refractivity contribution in [3.8, 4) is 101 Å². The van der Waals surface area contributed by atoms with Crippen LogP contribution in [0.4, 0.5) is 45.5 Å². The van der Waals surface area contributed by atoms with Crippen molar-refractivity contribution in [2.45, 2.75) is 52.4 Å². The summed E-state index contributed by atoms with van der Waals surface area (Å²) in [6, 6.07) is 71.8. The molecule has 0 radical (unpaired) electrons. The van der Waals surface area contributed by atoms with Crippen LogP contribution in [0, 0.1) is 0 Å². The van der Waals surface area contributed by atoms with E-state index in [0.29, 0.717) is 11.5 Å². The van der Waals surface area contributed by atoms with Gasteiger partial charge >= 0.3 is 35.3 Å². The van der Waals surface area contributed by atoms with Gasteiger partial charge in [0, 0.05) is 135 Å². The van der Waals surface area contributed by atoms with Crippen LogP contribution in [0.1, 0.15) is 52.7 Å². The Morgan fingerprint density at radius 2 is 0.573 bits per heavy atom. The topological polar surface area (TPSA) is 68.3 Å². The minimum atomic E-state index is -0.941. The van der Waals surface area contributed by atoms with Crippen LogP contribution >= 0.6 is 0 Å². The number of anilines is 8. The first-order valence-corrected chi connectivity index (χ1v) is 31.1. The Labute approximate surface area is 517 Å². The zero-order valence-corrected chi connectivity index (χ0v) is 49.7. The van der Waals surface area contributed by atoms with E-state index in [1.807, 2.05) is 0 Å². The molecular formula is C74H51B5N4O6. The summed E-state index contributed by atoms with van der Waals surface area (Å²) >= 11 is 0. The highest BCUT2D eigenvalue weighted by atomic mass is 16.6. The summed E-state index contributed by atoms with van der Waals surface area (Å²) in [5, 5.41) is 0. The summed E-state index contributed by atoms with van der Waals surface area (Å²) in [5.74, 6) is 4.47. The molecule has 0 saturated carbocycles. The molecule has 0 spiro atoms. The Kier molecular flexibility index (Phi) is 9.03. The van der Waals surface area contributed by atoms with Gasteiger partial charge in [-0.3, -0.25) is 0 Å². The highest BCUT2D eigenvalue weighted by Crippen LogP contribution is 2.64. The van der Waals surface area contributed by atoms with E-state index in [4.69, 9.17) is 27.9 Å². The van der Waals surface area contributed by atoms with Gasteiger partial charge in [-0.2, -0.15) is 0 Å². The molecule has 10 heterocycles. The smallest absolute Gasteiger partial charge is 0.537 e. The van der Waals surface area contributed by atoms with Crippen molar-refractivity contribution < 1.29 is 27.9 Å². The van der Waals surface area contributed by atoms with Gasteiger partial charge in [0.25, 0.3) is 0 Å². The highest BCUT2D eigenvalue weighted by molar-refractivity contribution is 6.87.